The number of nitrogens with one attached hydrogen (secondary N) is 1. The van der Waals surface area contributed by atoms with Crippen molar-refractivity contribution in [1.29, 1.82) is 0 Å². The Morgan fingerprint density at radius 1 is 1.56 bits per heavy atom. The van der Waals surface area contributed by atoms with E-state index in [4.69, 9.17) is 17.3 Å². The van der Waals surface area contributed by atoms with Crippen LogP contribution < -0.4 is 11.1 Å². The van der Waals surface area contributed by atoms with Crippen molar-refractivity contribution in [2.45, 2.75) is 13.3 Å². The molecule has 0 atom stereocenters. The second-order valence-electron chi connectivity index (χ2n) is 3.27. The highest BCUT2D eigenvalue weighted by Gasteiger charge is 1.95. The Kier molecular flexibility index (Phi) is 4.68. The van der Waals surface area contributed by atoms with Crippen molar-refractivity contribution in [3.63, 3.8) is 0 Å². The van der Waals surface area contributed by atoms with E-state index >= 15 is 0 Å². The van der Waals surface area contributed by atoms with Gasteiger partial charge in [-0.15, -0.1) is 0 Å². The maximum Gasteiger partial charge on any atom is 0.216 e. The van der Waals surface area contributed by atoms with E-state index in [9.17, 15) is 4.79 Å². The molecule has 1 rings (SSSR count). The minimum Gasteiger partial charge on any atom is -0.398 e. The highest BCUT2D eigenvalue weighted by molar-refractivity contribution is 6.33. The summed E-state index contributed by atoms with van der Waals surface area (Å²) < 4.78 is 0. The summed E-state index contributed by atoms with van der Waals surface area (Å²) in [7, 11) is 0. The maximum absolute atomic E-state index is 10.6. The van der Waals surface area contributed by atoms with Crippen LogP contribution in [0.5, 0.6) is 0 Å². The lowest BCUT2D eigenvalue weighted by Gasteiger charge is -1.97. The molecular weight excluding hydrogens is 224 g/mol. The number of halogens is 1. The number of rotatable bonds is 2. The zero-order valence-corrected chi connectivity index (χ0v) is 9.77. The first kappa shape index (κ1) is 12.4. The molecule has 3 nitrogen and oxygen atoms in total. The molecule has 0 saturated heterocycles. The molecule has 84 valence electrons. The second kappa shape index (κ2) is 6.04. The normalized spacial score (nSPS) is 9.12. The lowest BCUT2D eigenvalue weighted by molar-refractivity contribution is -0.118. The topological polar surface area (TPSA) is 55.1 Å². The highest BCUT2D eigenvalue weighted by Crippen LogP contribution is 2.18. The van der Waals surface area contributed by atoms with Gasteiger partial charge in [-0.25, -0.2) is 0 Å². The number of anilines is 1. The lowest BCUT2D eigenvalue weighted by atomic mass is 10.2. The molecule has 0 heterocycles. The van der Waals surface area contributed by atoms with Crippen molar-refractivity contribution < 1.29 is 4.79 Å². The molecule has 0 bridgehead atoms. The van der Waals surface area contributed by atoms with Crippen LogP contribution in [0.1, 0.15) is 18.9 Å². The lowest BCUT2D eigenvalue weighted by Crippen LogP contribution is -2.20. The third kappa shape index (κ3) is 4.24. The molecule has 1 amide bonds. The van der Waals surface area contributed by atoms with E-state index in [0.717, 1.165) is 5.56 Å². The van der Waals surface area contributed by atoms with Crippen molar-refractivity contribution >= 4 is 23.2 Å². The molecule has 0 aliphatic heterocycles. The Balaban J connectivity index is 2.50. The Bertz CT molecular complexity index is 446. The minimum absolute atomic E-state index is 0.0441. The molecule has 16 heavy (non-hydrogen) atoms. The zero-order valence-electron chi connectivity index (χ0n) is 9.01. The molecule has 1 aromatic carbocycles. The van der Waals surface area contributed by atoms with Crippen molar-refractivity contribution in [2.24, 2.45) is 0 Å². The van der Waals surface area contributed by atoms with Gasteiger partial charge in [-0.3, -0.25) is 4.79 Å². The predicted molar refractivity (Wildman–Crippen MR) is 66.0 cm³/mol. The van der Waals surface area contributed by atoms with Gasteiger partial charge in [-0.1, -0.05) is 23.4 Å². The molecule has 0 fully saturated rings. The van der Waals surface area contributed by atoms with Gasteiger partial charge in [0, 0.05) is 25.5 Å². The first-order chi connectivity index (χ1) is 7.59. The van der Waals surface area contributed by atoms with Crippen molar-refractivity contribution in [1.82, 2.24) is 5.32 Å². The van der Waals surface area contributed by atoms with E-state index in [1.54, 1.807) is 12.1 Å². The minimum atomic E-state index is -0.0441. The van der Waals surface area contributed by atoms with Crippen LogP contribution in [-0.4, -0.2) is 12.5 Å². The van der Waals surface area contributed by atoms with Gasteiger partial charge in [-0.05, 0) is 18.2 Å². The van der Waals surface area contributed by atoms with Crippen molar-refractivity contribution in [3.8, 4) is 11.8 Å². The number of amides is 1. The average Bonchev–Trinajstić information content (AvgIpc) is 2.22. The quantitative estimate of drug-likeness (QED) is 0.467. The molecule has 0 aromatic heterocycles. The molecule has 0 radical (unpaired) electrons. The van der Waals surface area contributed by atoms with Gasteiger partial charge in [0.1, 0.15) is 0 Å². The highest BCUT2D eigenvalue weighted by atomic mass is 35.5. The smallest absolute Gasteiger partial charge is 0.216 e. The first-order valence-corrected chi connectivity index (χ1v) is 5.25. The number of benzene rings is 1. The number of hydrogen-bond acceptors (Lipinski definition) is 2. The van der Waals surface area contributed by atoms with Gasteiger partial charge in [0.15, 0.2) is 0 Å². The third-order valence-corrected chi connectivity index (χ3v) is 2.18. The van der Waals surface area contributed by atoms with Crippen molar-refractivity contribution in [2.75, 3.05) is 12.3 Å². The molecule has 0 spiro atoms. The van der Waals surface area contributed by atoms with Gasteiger partial charge in [-0.2, -0.15) is 0 Å². The number of carbonyl (C=O) groups excluding carboxylic acids is 1. The number of nitrogens with two attached hydrogens (primary N) is 1. The maximum atomic E-state index is 10.6. The van der Waals surface area contributed by atoms with Crippen LogP contribution in [0.3, 0.4) is 0 Å². The monoisotopic (exact) mass is 236 g/mol. The van der Waals surface area contributed by atoms with E-state index < -0.39 is 0 Å². The summed E-state index contributed by atoms with van der Waals surface area (Å²) in [4.78, 5) is 10.6. The Labute approximate surface area is 100.0 Å². The summed E-state index contributed by atoms with van der Waals surface area (Å²) in [6.07, 6.45) is 0.613. The molecular formula is C12H13ClN2O. The molecule has 0 saturated carbocycles. The molecule has 0 aliphatic rings. The first-order valence-electron chi connectivity index (χ1n) is 4.88. The Morgan fingerprint density at radius 3 is 2.94 bits per heavy atom. The summed E-state index contributed by atoms with van der Waals surface area (Å²) >= 11 is 5.85. The fourth-order valence-electron chi connectivity index (χ4n) is 1.07. The average molecular weight is 237 g/mol. The van der Waals surface area contributed by atoms with Gasteiger partial charge < -0.3 is 11.1 Å². The summed E-state index contributed by atoms with van der Waals surface area (Å²) in [6, 6.07) is 5.26. The summed E-state index contributed by atoms with van der Waals surface area (Å²) in [5.41, 5.74) is 6.94. The molecule has 1 aromatic rings. The van der Waals surface area contributed by atoms with Crippen LogP contribution >= 0.6 is 11.6 Å². The van der Waals surface area contributed by atoms with E-state index in [2.05, 4.69) is 17.2 Å². The summed E-state index contributed by atoms with van der Waals surface area (Å²) in [5.74, 6) is 5.84. The number of nitrogen functional groups attached to an aromatic ring is 1. The largest absolute Gasteiger partial charge is 0.398 e. The van der Waals surface area contributed by atoms with Crippen LogP contribution in [0.4, 0.5) is 5.69 Å². The number of carbonyl (C=O) groups is 1. The predicted octanol–water partition coefficient (Wildman–Crippen LogP) is 1.80. The van der Waals surface area contributed by atoms with Gasteiger partial charge >= 0.3 is 0 Å². The Hall–Kier alpha value is -1.66. The van der Waals surface area contributed by atoms with Crippen LogP contribution in [0, 0.1) is 11.8 Å². The van der Waals surface area contributed by atoms with Crippen LogP contribution in [0.25, 0.3) is 0 Å². The summed E-state index contributed by atoms with van der Waals surface area (Å²) in [5, 5.41) is 3.17. The van der Waals surface area contributed by atoms with Gasteiger partial charge in [0.2, 0.25) is 5.91 Å². The molecule has 0 unspecified atom stereocenters. The molecule has 4 heteroatoms. The Morgan fingerprint density at radius 2 is 2.31 bits per heavy atom. The second-order valence-corrected chi connectivity index (χ2v) is 3.68. The fraction of sp³-hybridized carbons (Fsp3) is 0.250. The van der Waals surface area contributed by atoms with Crippen molar-refractivity contribution in [3.05, 3.63) is 28.8 Å². The SMILES string of the molecule is CC(=O)NCCC#Cc1ccc(N)c(Cl)c1. The van der Waals surface area contributed by atoms with E-state index in [1.165, 1.54) is 6.92 Å². The van der Waals surface area contributed by atoms with Gasteiger partial charge in [0.05, 0.1) is 10.7 Å². The fourth-order valence-corrected chi connectivity index (χ4v) is 1.25. The van der Waals surface area contributed by atoms with Crippen LogP contribution in [-0.2, 0) is 4.79 Å². The van der Waals surface area contributed by atoms with Crippen LogP contribution in [0.15, 0.2) is 18.2 Å². The number of hydrogen-bond donors (Lipinski definition) is 2. The van der Waals surface area contributed by atoms with E-state index in [-0.39, 0.29) is 5.91 Å². The van der Waals surface area contributed by atoms with Gasteiger partial charge in [0.25, 0.3) is 0 Å². The van der Waals surface area contributed by atoms with Crippen LogP contribution in [0.2, 0.25) is 5.02 Å². The summed E-state index contributed by atoms with van der Waals surface area (Å²) in [6.45, 7) is 2.04. The van der Waals surface area contributed by atoms with E-state index in [0.29, 0.717) is 23.7 Å². The third-order valence-electron chi connectivity index (χ3n) is 1.86. The molecule has 0 aliphatic carbocycles. The van der Waals surface area contributed by atoms with E-state index in [1.807, 2.05) is 6.07 Å². The standard InChI is InChI=1S/C12H13ClN2O/c1-9(16)15-7-3-2-4-10-5-6-12(14)11(13)8-10/h5-6,8H,3,7,14H2,1H3,(H,15,16). The molecule has 3 N–H and O–H groups in total. The zero-order chi connectivity index (χ0) is 12.0.